The van der Waals surface area contributed by atoms with E-state index in [0.717, 1.165) is 15.7 Å². The van der Waals surface area contributed by atoms with Crippen molar-refractivity contribution in [2.24, 2.45) is 0 Å². The number of pyridine rings is 1. The van der Waals surface area contributed by atoms with Gasteiger partial charge in [0.1, 0.15) is 5.75 Å². The lowest BCUT2D eigenvalue weighted by Gasteiger charge is -2.25. The fourth-order valence-corrected chi connectivity index (χ4v) is 2.57. The van der Waals surface area contributed by atoms with Crippen LogP contribution in [0.4, 0.5) is 0 Å². The highest BCUT2D eigenvalue weighted by Gasteiger charge is 2.24. The average molecular weight is 363 g/mol. The minimum Gasteiger partial charge on any atom is -0.496 e. The second-order valence-corrected chi connectivity index (χ2v) is 6.44. The molecule has 1 N–H and O–H groups in total. The molecular formula is C17H19BrN2O2. The number of methoxy groups -OCH3 is 1. The van der Waals surface area contributed by atoms with Crippen LogP contribution in [0.5, 0.6) is 5.75 Å². The second-order valence-electron chi connectivity index (χ2n) is 5.52. The second kappa shape index (κ2) is 6.92. The Kier molecular flexibility index (Phi) is 5.19. The molecule has 0 bridgehead atoms. The lowest BCUT2D eigenvalue weighted by molar-refractivity contribution is -0.122. The lowest BCUT2D eigenvalue weighted by atomic mass is 9.99. The average Bonchev–Trinajstić information content (AvgIpc) is 2.49. The summed E-state index contributed by atoms with van der Waals surface area (Å²) in [6.07, 6.45) is 1.98. The molecule has 1 aromatic heterocycles. The first-order valence-electron chi connectivity index (χ1n) is 6.97. The van der Waals surface area contributed by atoms with Crippen molar-refractivity contribution in [1.82, 2.24) is 10.3 Å². The molecule has 0 saturated heterocycles. The van der Waals surface area contributed by atoms with Gasteiger partial charge in [-0.25, -0.2) is 0 Å². The number of ether oxygens (including phenoxy) is 1. The Morgan fingerprint density at radius 3 is 2.73 bits per heavy atom. The third kappa shape index (κ3) is 4.07. The summed E-state index contributed by atoms with van der Waals surface area (Å²) in [5.74, 6) is 0.622. The summed E-state index contributed by atoms with van der Waals surface area (Å²) in [7, 11) is 1.60. The first kappa shape index (κ1) is 16.5. The smallest absolute Gasteiger partial charge is 0.225 e. The highest BCUT2D eigenvalue weighted by Crippen LogP contribution is 2.24. The predicted molar refractivity (Wildman–Crippen MR) is 89.8 cm³/mol. The summed E-state index contributed by atoms with van der Waals surface area (Å²) in [5, 5.41) is 3.02. The number of carbonyl (C=O) groups excluding carboxylic acids is 1. The van der Waals surface area contributed by atoms with Gasteiger partial charge in [0.05, 0.1) is 24.8 Å². The van der Waals surface area contributed by atoms with Gasteiger partial charge in [0, 0.05) is 16.2 Å². The Bertz CT molecular complexity index is 657. The van der Waals surface area contributed by atoms with Crippen LogP contribution in [0.2, 0.25) is 0 Å². The van der Waals surface area contributed by atoms with Crippen molar-refractivity contribution in [3.05, 3.63) is 58.3 Å². The third-order valence-electron chi connectivity index (χ3n) is 3.36. The molecule has 0 saturated carbocycles. The summed E-state index contributed by atoms with van der Waals surface area (Å²) in [4.78, 5) is 16.7. The molecule has 2 aromatic rings. The number of carbonyl (C=O) groups is 1. The van der Waals surface area contributed by atoms with Gasteiger partial charge < -0.3 is 10.1 Å². The summed E-state index contributed by atoms with van der Waals surface area (Å²) in [6.45, 7) is 3.87. The van der Waals surface area contributed by atoms with Gasteiger partial charge >= 0.3 is 0 Å². The molecule has 0 fully saturated rings. The molecule has 0 atom stereocenters. The van der Waals surface area contributed by atoms with E-state index in [1.807, 2.05) is 50.2 Å². The van der Waals surface area contributed by atoms with E-state index < -0.39 is 5.54 Å². The van der Waals surface area contributed by atoms with E-state index in [9.17, 15) is 4.79 Å². The van der Waals surface area contributed by atoms with Crippen molar-refractivity contribution in [2.45, 2.75) is 25.8 Å². The van der Waals surface area contributed by atoms with E-state index in [0.29, 0.717) is 5.75 Å². The van der Waals surface area contributed by atoms with Gasteiger partial charge in [0.25, 0.3) is 0 Å². The number of halogens is 1. The van der Waals surface area contributed by atoms with Crippen molar-refractivity contribution in [3.8, 4) is 5.75 Å². The van der Waals surface area contributed by atoms with E-state index >= 15 is 0 Å². The predicted octanol–water partition coefficient (Wildman–Crippen LogP) is 3.45. The monoisotopic (exact) mass is 362 g/mol. The first-order valence-corrected chi connectivity index (χ1v) is 7.76. The minimum absolute atomic E-state index is 0.0729. The molecule has 4 nitrogen and oxygen atoms in total. The Balaban J connectivity index is 2.10. The molecule has 0 spiro atoms. The number of nitrogens with one attached hydrogen (secondary N) is 1. The van der Waals surface area contributed by atoms with Gasteiger partial charge in [0.15, 0.2) is 0 Å². The number of benzene rings is 1. The van der Waals surface area contributed by atoms with Crippen molar-refractivity contribution in [3.63, 3.8) is 0 Å². The van der Waals surface area contributed by atoms with Crippen LogP contribution in [-0.4, -0.2) is 18.0 Å². The molecule has 0 aliphatic carbocycles. The van der Waals surface area contributed by atoms with E-state index in [2.05, 4.69) is 26.2 Å². The molecule has 0 unspecified atom stereocenters. The maximum Gasteiger partial charge on any atom is 0.225 e. The van der Waals surface area contributed by atoms with Crippen LogP contribution >= 0.6 is 15.9 Å². The summed E-state index contributed by atoms with van der Waals surface area (Å²) >= 11 is 3.39. The van der Waals surface area contributed by atoms with Gasteiger partial charge in [0.2, 0.25) is 5.91 Å². The van der Waals surface area contributed by atoms with Crippen molar-refractivity contribution < 1.29 is 9.53 Å². The van der Waals surface area contributed by atoms with Crippen molar-refractivity contribution in [2.75, 3.05) is 7.11 Å². The van der Waals surface area contributed by atoms with Crippen LogP contribution in [0.3, 0.4) is 0 Å². The van der Waals surface area contributed by atoms with E-state index in [-0.39, 0.29) is 12.3 Å². The molecule has 1 aromatic carbocycles. The van der Waals surface area contributed by atoms with Crippen LogP contribution in [0.15, 0.2) is 47.1 Å². The normalized spacial score (nSPS) is 11.1. The molecule has 2 rings (SSSR count). The Morgan fingerprint density at radius 1 is 1.32 bits per heavy atom. The highest BCUT2D eigenvalue weighted by molar-refractivity contribution is 9.10. The Hall–Kier alpha value is -1.88. The number of hydrogen-bond acceptors (Lipinski definition) is 3. The quantitative estimate of drug-likeness (QED) is 0.885. The Morgan fingerprint density at radius 2 is 2.09 bits per heavy atom. The van der Waals surface area contributed by atoms with E-state index in [4.69, 9.17) is 4.74 Å². The summed E-state index contributed by atoms with van der Waals surface area (Å²) in [5.41, 5.74) is 1.15. The molecule has 1 amide bonds. The largest absolute Gasteiger partial charge is 0.496 e. The number of hydrogen-bond donors (Lipinski definition) is 1. The molecule has 1 heterocycles. The number of rotatable bonds is 5. The van der Waals surface area contributed by atoms with E-state index in [1.54, 1.807) is 13.3 Å². The summed E-state index contributed by atoms with van der Waals surface area (Å²) in [6, 6.07) is 11.3. The van der Waals surface area contributed by atoms with Crippen molar-refractivity contribution in [1.29, 1.82) is 0 Å². The van der Waals surface area contributed by atoms with Crippen LogP contribution < -0.4 is 10.1 Å². The molecule has 0 radical (unpaired) electrons. The highest BCUT2D eigenvalue weighted by atomic mass is 79.9. The number of amides is 1. The maximum atomic E-state index is 12.3. The standard InChI is InChI=1S/C17H19BrN2O2/c1-17(2,15-6-4-5-9-19-15)20-16(21)10-12-7-8-13(18)11-14(12)22-3/h4-9,11H,10H2,1-3H3,(H,20,21). The van der Waals surface area contributed by atoms with Crippen LogP contribution in [0.1, 0.15) is 25.1 Å². The van der Waals surface area contributed by atoms with Crippen LogP contribution in [0, 0.1) is 0 Å². The lowest BCUT2D eigenvalue weighted by Crippen LogP contribution is -2.42. The van der Waals surface area contributed by atoms with Gasteiger partial charge in [-0.2, -0.15) is 0 Å². The molecule has 116 valence electrons. The minimum atomic E-state index is -0.527. The van der Waals surface area contributed by atoms with Gasteiger partial charge in [-0.3, -0.25) is 9.78 Å². The fourth-order valence-electron chi connectivity index (χ4n) is 2.23. The zero-order valence-electron chi connectivity index (χ0n) is 12.9. The van der Waals surface area contributed by atoms with Gasteiger partial charge in [-0.05, 0) is 38.1 Å². The third-order valence-corrected chi connectivity index (χ3v) is 3.85. The summed E-state index contributed by atoms with van der Waals surface area (Å²) < 4.78 is 6.24. The SMILES string of the molecule is COc1cc(Br)ccc1CC(=O)NC(C)(C)c1ccccn1. The molecule has 0 aliphatic rings. The van der Waals surface area contributed by atoms with Gasteiger partial charge in [-0.1, -0.05) is 28.1 Å². The Labute approximate surface area is 139 Å². The first-order chi connectivity index (χ1) is 10.4. The fraction of sp³-hybridized carbons (Fsp3) is 0.294. The zero-order valence-corrected chi connectivity index (χ0v) is 14.5. The maximum absolute atomic E-state index is 12.3. The molecular weight excluding hydrogens is 344 g/mol. The topological polar surface area (TPSA) is 51.2 Å². The van der Waals surface area contributed by atoms with Crippen molar-refractivity contribution >= 4 is 21.8 Å². The number of aromatic nitrogens is 1. The molecule has 5 heteroatoms. The van der Waals surface area contributed by atoms with Crippen LogP contribution in [0.25, 0.3) is 0 Å². The van der Waals surface area contributed by atoms with E-state index in [1.165, 1.54) is 0 Å². The van der Waals surface area contributed by atoms with Crippen LogP contribution in [-0.2, 0) is 16.8 Å². The number of nitrogens with zero attached hydrogens (tertiary/aromatic N) is 1. The molecule has 22 heavy (non-hydrogen) atoms. The van der Waals surface area contributed by atoms with Gasteiger partial charge in [-0.15, -0.1) is 0 Å². The zero-order chi connectivity index (χ0) is 16.2. The molecule has 0 aliphatic heterocycles.